The molecule has 2 N–H and O–H groups in total. The van der Waals surface area contributed by atoms with E-state index >= 15 is 0 Å². The lowest BCUT2D eigenvalue weighted by atomic mass is 10.1. The van der Waals surface area contributed by atoms with Crippen molar-refractivity contribution in [1.29, 1.82) is 0 Å². The van der Waals surface area contributed by atoms with Gasteiger partial charge in [-0.05, 0) is 37.0 Å². The summed E-state index contributed by atoms with van der Waals surface area (Å²) in [5, 5.41) is 10.9. The molecule has 0 amide bonds. The van der Waals surface area contributed by atoms with E-state index in [9.17, 15) is 0 Å². The van der Waals surface area contributed by atoms with Crippen molar-refractivity contribution < 1.29 is 4.52 Å². The number of guanidine groups is 1. The molecule has 0 saturated carbocycles. The molecule has 0 bridgehead atoms. The number of hydrogen-bond acceptors (Lipinski definition) is 5. The van der Waals surface area contributed by atoms with E-state index in [2.05, 4.69) is 50.6 Å². The van der Waals surface area contributed by atoms with E-state index in [0.717, 1.165) is 54.7 Å². The van der Waals surface area contributed by atoms with E-state index < -0.39 is 0 Å². The van der Waals surface area contributed by atoms with E-state index in [0.29, 0.717) is 13.1 Å². The molecule has 1 fully saturated rings. The Balaban J connectivity index is 0.00000280. The molecule has 154 valence electrons. The molecular formula is C20H31IN6O. The third-order valence-electron chi connectivity index (χ3n) is 4.96. The molecule has 1 aliphatic heterocycles. The van der Waals surface area contributed by atoms with Crippen molar-refractivity contribution in [2.75, 3.05) is 25.0 Å². The number of aromatic nitrogens is 2. The number of halogens is 1. The Labute approximate surface area is 184 Å². The normalized spacial score (nSPS) is 14.1. The van der Waals surface area contributed by atoms with Gasteiger partial charge in [0.25, 0.3) is 0 Å². The Kier molecular flexibility index (Phi) is 9.01. The average molecular weight is 498 g/mol. The van der Waals surface area contributed by atoms with Crippen LogP contribution < -0.4 is 15.5 Å². The van der Waals surface area contributed by atoms with Crippen LogP contribution in [0.1, 0.15) is 49.3 Å². The van der Waals surface area contributed by atoms with Gasteiger partial charge < -0.3 is 20.1 Å². The topological polar surface area (TPSA) is 78.6 Å². The highest BCUT2D eigenvalue weighted by atomic mass is 127. The Morgan fingerprint density at radius 1 is 1.18 bits per heavy atom. The maximum absolute atomic E-state index is 5.43. The highest BCUT2D eigenvalue weighted by molar-refractivity contribution is 14.0. The third kappa shape index (κ3) is 5.59. The first-order valence-electron chi connectivity index (χ1n) is 9.85. The molecule has 3 heterocycles. The second kappa shape index (κ2) is 11.2. The van der Waals surface area contributed by atoms with Gasteiger partial charge in [-0.1, -0.05) is 19.0 Å². The lowest BCUT2D eigenvalue weighted by molar-refractivity contribution is 0.380. The van der Waals surface area contributed by atoms with E-state index in [1.54, 1.807) is 7.05 Å². The summed E-state index contributed by atoms with van der Waals surface area (Å²) in [6, 6.07) is 4.21. The fourth-order valence-corrected chi connectivity index (χ4v) is 3.41. The fraction of sp³-hybridized carbons (Fsp3) is 0.550. The maximum atomic E-state index is 5.43. The minimum atomic E-state index is 0. The summed E-state index contributed by atoms with van der Waals surface area (Å²) in [5.41, 5.74) is 3.35. The first-order valence-corrected chi connectivity index (χ1v) is 9.85. The molecule has 0 aromatic carbocycles. The molecule has 28 heavy (non-hydrogen) atoms. The summed E-state index contributed by atoms with van der Waals surface area (Å²) < 4.78 is 5.43. The van der Waals surface area contributed by atoms with Crippen LogP contribution in [0.4, 0.5) is 5.82 Å². The lowest BCUT2D eigenvalue weighted by Crippen LogP contribution is -2.36. The molecule has 2 aromatic rings. The Morgan fingerprint density at radius 3 is 2.61 bits per heavy atom. The second-order valence-electron chi connectivity index (χ2n) is 6.73. The molecule has 1 saturated heterocycles. The van der Waals surface area contributed by atoms with Gasteiger partial charge in [0.1, 0.15) is 11.6 Å². The Hall–Kier alpha value is -1.84. The van der Waals surface area contributed by atoms with Crippen molar-refractivity contribution in [3.63, 3.8) is 0 Å². The predicted octanol–water partition coefficient (Wildman–Crippen LogP) is 3.28. The summed E-state index contributed by atoms with van der Waals surface area (Å²) in [7, 11) is 1.78. The van der Waals surface area contributed by atoms with Crippen LogP contribution in [0.15, 0.2) is 27.8 Å². The molecule has 0 atom stereocenters. The smallest absolute Gasteiger partial charge is 0.191 e. The molecule has 0 aliphatic carbocycles. The zero-order valence-corrected chi connectivity index (χ0v) is 19.3. The van der Waals surface area contributed by atoms with Gasteiger partial charge in [0, 0.05) is 51.4 Å². The summed E-state index contributed by atoms with van der Waals surface area (Å²) in [6.07, 6.45) is 6.10. The van der Waals surface area contributed by atoms with Gasteiger partial charge in [0.2, 0.25) is 0 Å². The fourth-order valence-electron chi connectivity index (χ4n) is 3.41. The summed E-state index contributed by atoms with van der Waals surface area (Å²) in [6.45, 7) is 7.74. The predicted molar refractivity (Wildman–Crippen MR) is 123 cm³/mol. The van der Waals surface area contributed by atoms with Crippen molar-refractivity contribution in [3.05, 3.63) is 40.9 Å². The lowest BCUT2D eigenvalue weighted by Gasteiger charge is -2.17. The number of hydrogen-bond donors (Lipinski definition) is 2. The van der Waals surface area contributed by atoms with Crippen molar-refractivity contribution in [2.45, 2.75) is 52.6 Å². The largest absolute Gasteiger partial charge is 0.361 e. The van der Waals surface area contributed by atoms with Crippen LogP contribution in [0.3, 0.4) is 0 Å². The van der Waals surface area contributed by atoms with Gasteiger partial charge >= 0.3 is 0 Å². The number of rotatable bonds is 7. The van der Waals surface area contributed by atoms with Crippen LogP contribution in [0.2, 0.25) is 0 Å². The quantitative estimate of drug-likeness (QED) is 0.347. The van der Waals surface area contributed by atoms with E-state index in [1.807, 2.05) is 12.3 Å². The van der Waals surface area contributed by atoms with Gasteiger partial charge in [0.15, 0.2) is 5.96 Å². The van der Waals surface area contributed by atoms with Crippen LogP contribution in [0.25, 0.3) is 0 Å². The minimum absolute atomic E-state index is 0. The number of aryl methyl sites for hydroxylation is 2. The second-order valence-corrected chi connectivity index (χ2v) is 6.73. The summed E-state index contributed by atoms with van der Waals surface area (Å²) in [5.74, 6) is 2.78. The van der Waals surface area contributed by atoms with Crippen LogP contribution in [0.5, 0.6) is 0 Å². The van der Waals surface area contributed by atoms with Crippen LogP contribution >= 0.6 is 24.0 Å². The van der Waals surface area contributed by atoms with Crippen LogP contribution in [-0.2, 0) is 25.9 Å². The highest BCUT2D eigenvalue weighted by Crippen LogP contribution is 2.18. The first kappa shape index (κ1) is 22.4. The first-order chi connectivity index (χ1) is 13.2. The average Bonchev–Trinajstić information content (AvgIpc) is 3.38. The maximum Gasteiger partial charge on any atom is 0.191 e. The monoisotopic (exact) mass is 498 g/mol. The zero-order valence-electron chi connectivity index (χ0n) is 17.0. The molecule has 7 nitrogen and oxygen atoms in total. The van der Waals surface area contributed by atoms with E-state index in [1.165, 1.54) is 18.4 Å². The number of anilines is 1. The third-order valence-corrected chi connectivity index (χ3v) is 4.96. The molecule has 0 unspecified atom stereocenters. The number of nitrogens with one attached hydrogen (secondary N) is 2. The van der Waals surface area contributed by atoms with Gasteiger partial charge in [-0.15, -0.1) is 24.0 Å². The Bertz CT molecular complexity index is 748. The zero-order chi connectivity index (χ0) is 19.1. The molecular weight excluding hydrogens is 467 g/mol. The number of aliphatic imine (C=N–C) groups is 1. The Morgan fingerprint density at radius 2 is 1.93 bits per heavy atom. The molecule has 3 rings (SSSR count). The number of pyridine rings is 1. The van der Waals surface area contributed by atoms with Gasteiger partial charge in [0.05, 0.1) is 5.69 Å². The van der Waals surface area contributed by atoms with Gasteiger partial charge in [-0.3, -0.25) is 4.99 Å². The summed E-state index contributed by atoms with van der Waals surface area (Å²) in [4.78, 5) is 11.2. The van der Waals surface area contributed by atoms with Gasteiger partial charge in [-0.25, -0.2) is 4.98 Å². The molecule has 1 aliphatic rings. The standard InChI is InChI=1S/C20H30N6O.HI/c1-4-17-16(18(5-2)27-25-17)14-24-20(21-3)23-13-15-8-9-22-19(12-15)26-10-6-7-11-26;/h8-9,12H,4-7,10-11,13-14H2,1-3H3,(H2,21,23,24);1H. The van der Waals surface area contributed by atoms with Gasteiger partial charge in [-0.2, -0.15) is 0 Å². The molecule has 0 spiro atoms. The van der Waals surface area contributed by atoms with Crippen molar-refractivity contribution in [2.24, 2.45) is 4.99 Å². The van der Waals surface area contributed by atoms with Crippen molar-refractivity contribution >= 4 is 35.8 Å². The van der Waals surface area contributed by atoms with Crippen LogP contribution in [-0.4, -0.2) is 36.2 Å². The molecule has 0 radical (unpaired) electrons. The molecule has 2 aromatic heterocycles. The van der Waals surface area contributed by atoms with E-state index in [4.69, 9.17) is 4.52 Å². The van der Waals surface area contributed by atoms with Crippen molar-refractivity contribution in [3.8, 4) is 0 Å². The SMILES string of the molecule is CCc1noc(CC)c1CNC(=NC)NCc1ccnc(N2CCCC2)c1.I. The minimum Gasteiger partial charge on any atom is -0.361 e. The molecule has 8 heteroatoms. The van der Waals surface area contributed by atoms with E-state index in [-0.39, 0.29) is 24.0 Å². The highest BCUT2D eigenvalue weighted by Gasteiger charge is 2.15. The summed E-state index contributed by atoms with van der Waals surface area (Å²) >= 11 is 0. The number of nitrogens with zero attached hydrogens (tertiary/aromatic N) is 4. The van der Waals surface area contributed by atoms with Crippen LogP contribution in [0, 0.1) is 0 Å². The van der Waals surface area contributed by atoms with Crippen molar-refractivity contribution in [1.82, 2.24) is 20.8 Å².